The van der Waals surface area contributed by atoms with Gasteiger partial charge in [-0.2, -0.15) is 0 Å². The van der Waals surface area contributed by atoms with Crippen molar-refractivity contribution < 1.29 is 73.1 Å². The molecule has 61 heavy (non-hydrogen) atoms. The van der Waals surface area contributed by atoms with Crippen LogP contribution in [0.3, 0.4) is 0 Å². The van der Waals surface area contributed by atoms with Crippen molar-refractivity contribution in [3.63, 3.8) is 0 Å². The molecule has 0 saturated carbocycles. The van der Waals surface area contributed by atoms with Crippen molar-refractivity contribution in [1.29, 1.82) is 0 Å². The Morgan fingerprint density at radius 3 is 2.16 bits per heavy atom. The Balaban J connectivity index is 2.23. The van der Waals surface area contributed by atoms with E-state index in [1.54, 1.807) is 55.6 Å². The van der Waals surface area contributed by atoms with E-state index in [1.807, 2.05) is 20.9 Å². The summed E-state index contributed by atoms with van der Waals surface area (Å²) in [5.74, 6) is -3.83. The first-order chi connectivity index (χ1) is 28.4. The SMILES string of the molecule is CC[C@H]1OC(=O)[C@H](C)[C@@H](O[C@H]2C[C@@](C)(OC)[C@@H](O)[C@H](C)O2)[C@H](C)[C@@H](O[C@@H]2O[C@H](C)C[C@H](N(C)CC(C)C)[C@H]2O)[C@](C)(O)C[C@@H](C)/C(=N\OCOCCOC)[C@H](C)[C@@H](O)[C@]1(C)O. The molecule has 17 nitrogen and oxygen atoms in total. The molecular weight excluding hydrogens is 796 g/mol. The van der Waals surface area contributed by atoms with Gasteiger partial charge in [0.2, 0.25) is 6.79 Å². The Morgan fingerprint density at radius 1 is 0.918 bits per heavy atom. The van der Waals surface area contributed by atoms with E-state index in [1.165, 1.54) is 14.0 Å². The van der Waals surface area contributed by atoms with Crippen molar-refractivity contribution in [2.45, 2.75) is 193 Å². The number of nitrogens with zero attached hydrogens (tertiary/aromatic N) is 2. The second-order valence-corrected chi connectivity index (χ2v) is 19.1. The van der Waals surface area contributed by atoms with Gasteiger partial charge in [-0.05, 0) is 73.8 Å². The summed E-state index contributed by atoms with van der Waals surface area (Å²) in [5, 5.41) is 64.2. The van der Waals surface area contributed by atoms with Gasteiger partial charge in [0.05, 0.1) is 66.6 Å². The number of cyclic esters (lactones) is 1. The highest BCUT2D eigenvalue weighted by atomic mass is 16.7. The number of aliphatic hydroxyl groups is 5. The van der Waals surface area contributed by atoms with E-state index < -0.39 is 102 Å². The lowest BCUT2D eigenvalue weighted by molar-refractivity contribution is -0.318. The van der Waals surface area contributed by atoms with E-state index in [9.17, 15) is 30.3 Å². The van der Waals surface area contributed by atoms with Crippen LogP contribution in [0.5, 0.6) is 0 Å². The average Bonchev–Trinajstić information content (AvgIpc) is 3.18. The van der Waals surface area contributed by atoms with E-state index in [0.717, 1.165) is 6.54 Å². The van der Waals surface area contributed by atoms with E-state index in [2.05, 4.69) is 23.9 Å². The molecule has 3 rings (SSSR count). The molecule has 18 atom stereocenters. The highest BCUT2D eigenvalue weighted by Gasteiger charge is 2.53. The van der Waals surface area contributed by atoms with Crippen LogP contribution in [0, 0.1) is 29.6 Å². The van der Waals surface area contributed by atoms with E-state index in [4.69, 9.17) is 42.7 Å². The zero-order valence-corrected chi connectivity index (χ0v) is 39.6. The van der Waals surface area contributed by atoms with Crippen LogP contribution in [-0.4, -0.2) is 174 Å². The number of hydrogen-bond acceptors (Lipinski definition) is 17. The van der Waals surface area contributed by atoms with Crippen molar-refractivity contribution in [3.05, 3.63) is 0 Å². The van der Waals surface area contributed by atoms with E-state index in [0.29, 0.717) is 24.7 Å². The van der Waals surface area contributed by atoms with Crippen LogP contribution >= 0.6 is 0 Å². The number of hydrogen-bond donors (Lipinski definition) is 5. The van der Waals surface area contributed by atoms with Gasteiger partial charge in [-0.25, -0.2) is 0 Å². The zero-order valence-electron chi connectivity index (χ0n) is 39.6. The van der Waals surface area contributed by atoms with Gasteiger partial charge in [0, 0.05) is 51.0 Å². The smallest absolute Gasteiger partial charge is 0.311 e. The molecule has 17 heteroatoms. The molecule has 0 unspecified atom stereocenters. The minimum atomic E-state index is -1.97. The summed E-state index contributed by atoms with van der Waals surface area (Å²) in [6, 6.07) is -0.326. The predicted molar refractivity (Wildman–Crippen MR) is 226 cm³/mol. The van der Waals surface area contributed by atoms with Crippen molar-refractivity contribution in [3.8, 4) is 0 Å². The van der Waals surface area contributed by atoms with Gasteiger partial charge >= 0.3 is 5.97 Å². The highest BCUT2D eigenvalue weighted by molar-refractivity contribution is 5.88. The maximum atomic E-state index is 14.4. The summed E-state index contributed by atoms with van der Waals surface area (Å²) in [7, 11) is 5.00. The molecule has 0 aromatic rings. The number of methoxy groups -OCH3 is 2. The number of aliphatic hydroxyl groups excluding tert-OH is 3. The van der Waals surface area contributed by atoms with Gasteiger partial charge in [0.1, 0.15) is 23.9 Å². The van der Waals surface area contributed by atoms with Crippen LogP contribution in [-0.2, 0) is 47.5 Å². The number of rotatable bonds is 15. The number of ether oxygens (including phenoxy) is 8. The quantitative estimate of drug-likeness (QED) is 0.0691. The molecule has 3 aliphatic rings. The summed E-state index contributed by atoms with van der Waals surface area (Å²) in [4.78, 5) is 22.1. The fourth-order valence-electron chi connectivity index (χ4n) is 9.57. The third-order valence-electron chi connectivity index (χ3n) is 13.2. The van der Waals surface area contributed by atoms with Crippen LogP contribution in [0.15, 0.2) is 5.16 Å². The van der Waals surface area contributed by atoms with Gasteiger partial charge in [-0.15, -0.1) is 0 Å². The third kappa shape index (κ3) is 13.5. The number of likely N-dealkylation sites (N-methyl/N-ethyl adjacent to an activating group) is 1. The van der Waals surface area contributed by atoms with Crippen LogP contribution in [0.4, 0.5) is 0 Å². The topological polar surface area (TPSA) is 217 Å². The molecular formula is C44H82N2O15. The Morgan fingerprint density at radius 2 is 1.57 bits per heavy atom. The fraction of sp³-hybridized carbons (Fsp3) is 0.955. The van der Waals surface area contributed by atoms with Gasteiger partial charge < -0.3 is 73.2 Å². The lowest BCUT2D eigenvalue weighted by Gasteiger charge is -2.49. The molecule has 0 spiro atoms. The molecule has 0 bridgehead atoms. The molecule has 3 saturated heterocycles. The largest absolute Gasteiger partial charge is 0.459 e. The van der Waals surface area contributed by atoms with Gasteiger partial charge in [0.25, 0.3) is 0 Å². The van der Waals surface area contributed by atoms with E-state index in [-0.39, 0.29) is 44.8 Å². The van der Waals surface area contributed by atoms with Gasteiger partial charge in [0.15, 0.2) is 12.6 Å². The van der Waals surface area contributed by atoms with Crippen molar-refractivity contribution >= 4 is 11.7 Å². The summed E-state index contributed by atoms with van der Waals surface area (Å²) in [5.41, 5.74) is -4.51. The standard InChI is InChI=1S/C44H82N2O15/c1-16-32-44(12,52)37(48)27(6)34(45-56-23-55-18-17-53-14)25(4)20-42(10,51)39(61-41-35(47)31(19-26(5)57-41)46(13)22-24(2)3)28(7)36(29(8)40(50)59-32)60-33-21-43(11,54-15)38(49)30(9)58-33/h24-33,35-39,41,47-49,51-52H,16-23H2,1-15H3/b45-34+/t25-,26-,27+,28+,29-,30+,31+,32-,33+,35-,36+,37-,38+,39-,41+,42-,43-,44-/m1/s1. The molecule has 0 amide bonds. The van der Waals surface area contributed by atoms with Crippen molar-refractivity contribution in [2.24, 2.45) is 34.7 Å². The molecule has 3 fully saturated rings. The number of carbonyl (C=O) groups is 1. The minimum Gasteiger partial charge on any atom is -0.459 e. The second-order valence-electron chi connectivity index (χ2n) is 19.1. The summed E-state index contributed by atoms with van der Waals surface area (Å²) in [6.45, 7) is 22.3. The predicted octanol–water partition coefficient (Wildman–Crippen LogP) is 3.24. The number of carbonyl (C=O) groups excluding carboxylic acids is 1. The van der Waals surface area contributed by atoms with E-state index >= 15 is 0 Å². The fourth-order valence-corrected chi connectivity index (χ4v) is 9.57. The monoisotopic (exact) mass is 879 g/mol. The molecule has 5 N–H and O–H groups in total. The first-order valence-electron chi connectivity index (χ1n) is 22.2. The Bertz CT molecular complexity index is 1370. The van der Waals surface area contributed by atoms with Crippen molar-refractivity contribution in [1.82, 2.24) is 4.90 Å². The lowest BCUT2D eigenvalue weighted by atomic mass is 9.73. The Labute approximate surface area is 364 Å². The van der Waals surface area contributed by atoms with Gasteiger partial charge in [-0.1, -0.05) is 46.7 Å². The molecule has 3 heterocycles. The first-order valence-corrected chi connectivity index (χ1v) is 22.2. The highest BCUT2D eigenvalue weighted by Crippen LogP contribution is 2.41. The number of esters is 1. The van der Waals surface area contributed by atoms with Crippen LogP contribution in [0.1, 0.15) is 109 Å². The summed E-state index contributed by atoms with van der Waals surface area (Å²) in [6.07, 6.45) is -9.53. The Hall–Kier alpha value is -1.58. The zero-order chi connectivity index (χ0) is 46.2. The normalized spacial score (nSPS) is 44.3. The third-order valence-corrected chi connectivity index (χ3v) is 13.2. The second kappa shape index (κ2) is 23.0. The average molecular weight is 879 g/mol. The molecule has 0 aromatic carbocycles. The molecule has 0 aromatic heterocycles. The summed E-state index contributed by atoms with van der Waals surface area (Å²) >= 11 is 0. The molecule has 0 aliphatic carbocycles. The van der Waals surface area contributed by atoms with Crippen LogP contribution in [0.25, 0.3) is 0 Å². The lowest BCUT2D eigenvalue weighted by Crippen LogP contribution is -2.61. The Kier molecular flexibility index (Phi) is 20.3. The number of oxime groups is 1. The first kappa shape index (κ1) is 53.8. The van der Waals surface area contributed by atoms with Crippen molar-refractivity contribution in [2.75, 3.05) is 47.8 Å². The minimum absolute atomic E-state index is 0.0311. The maximum absolute atomic E-state index is 14.4. The summed E-state index contributed by atoms with van der Waals surface area (Å²) < 4.78 is 48.5. The molecule has 358 valence electrons. The van der Waals surface area contributed by atoms with Crippen LogP contribution in [0.2, 0.25) is 0 Å². The maximum Gasteiger partial charge on any atom is 0.311 e. The molecule has 3 aliphatic heterocycles. The molecule has 0 radical (unpaired) electrons. The van der Waals surface area contributed by atoms with Crippen LogP contribution < -0.4 is 0 Å². The van der Waals surface area contributed by atoms with Gasteiger partial charge in [-0.3, -0.25) is 4.79 Å².